The van der Waals surface area contributed by atoms with E-state index in [1.165, 1.54) is 17.7 Å². The van der Waals surface area contributed by atoms with E-state index in [4.69, 9.17) is 11.6 Å². The Bertz CT molecular complexity index is 663. The van der Waals surface area contributed by atoms with Crippen LogP contribution < -0.4 is 0 Å². The molecule has 0 spiro atoms. The maximum Gasteiger partial charge on any atom is 0.269 e. The summed E-state index contributed by atoms with van der Waals surface area (Å²) in [6, 6.07) is 15.1. The highest BCUT2D eigenvalue weighted by Crippen LogP contribution is 2.36. The van der Waals surface area contributed by atoms with Crippen LogP contribution in [0.5, 0.6) is 0 Å². The molecule has 0 bridgehead atoms. The summed E-state index contributed by atoms with van der Waals surface area (Å²) in [6.07, 6.45) is 0.973. The highest BCUT2D eigenvalue weighted by molar-refractivity contribution is 7.97. The molecule has 1 aliphatic heterocycles. The van der Waals surface area contributed by atoms with Crippen LogP contribution in [0, 0.1) is 10.1 Å². The van der Waals surface area contributed by atoms with Gasteiger partial charge in [0.15, 0.2) is 0 Å². The van der Waals surface area contributed by atoms with Gasteiger partial charge >= 0.3 is 0 Å². The van der Waals surface area contributed by atoms with E-state index < -0.39 is 0 Å². The lowest BCUT2D eigenvalue weighted by Crippen LogP contribution is -1.98. The Labute approximate surface area is 132 Å². The van der Waals surface area contributed by atoms with Gasteiger partial charge in [-0.2, -0.15) is 0 Å². The topological polar surface area (TPSA) is 46.1 Å². The van der Waals surface area contributed by atoms with Crippen LogP contribution >= 0.6 is 23.5 Å². The lowest BCUT2D eigenvalue weighted by molar-refractivity contribution is -0.384. The van der Waals surface area contributed by atoms with E-state index in [-0.39, 0.29) is 10.6 Å². The van der Waals surface area contributed by atoms with Gasteiger partial charge in [-0.25, -0.2) is 4.31 Å². The number of benzene rings is 2. The van der Waals surface area contributed by atoms with E-state index in [9.17, 15) is 10.1 Å². The van der Waals surface area contributed by atoms with Crippen molar-refractivity contribution in [3.63, 3.8) is 0 Å². The molecule has 1 unspecified atom stereocenters. The first-order chi connectivity index (χ1) is 10.1. The Morgan fingerprint density at radius 3 is 2.71 bits per heavy atom. The van der Waals surface area contributed by atoms with Crippen LogP contribution in [0.2, 0.25) is 5.02 Å². The minimum absolute atomic E-state index is 0.126. The third kappa shape index (κ3) is 3.75. The van der Waals surface area contributed by atoms with E-state index in [0.717, 1.165) is 22.9 Å². The van der Waals surface area contributed by atoms with E-state index in [2.05, 4.69) is 10.4 Å². The van der Waals surface area contributed by atoms with E-state index in [1.807, 2.05) is 18.2 Å². The molecule has 2 atom stereocenters. The smallest absolute Gasteiger partial charge is 0.258 e. The van der Waals surface area contributed by atoms with E-state index in [0.29, 0.717) is 6.04 Å². The van der Waals surface area contributed by atoms with Crippen molar-refractivity contribution in [2.24, 2.45) is 0 Å². The molecule has 108 valence electrons. The number of nitrogens with zero attached hydrogens (tertiary/aromatic N) is 2. The monoisotopic (exact) mass is 320 g/mol. The second-order valence-corrected chi connectivity index (χ2v) is 6.49. The molecule has 1 fully saturated rings. The summed E-state index contributed by atoms with van der Waals surface area (Å²) in [5.41, 5.74) is 1.36. The van der Waals surface area contributed by atoms with E-state index in [1.54, 1.807) is 24.1 Å². The number of nitro groups is 1. The van der Waals surface area contributed by atoms with Gasteiger partial charge in [-0.3, -0.25) is 10.1 Å². The lowest BCUT2D eigenvalue weighted by Gasteiger charge is -2.04. The first-order valence-electron chi connectivity index (χ1n) is 6.55. The van der Waals surface area contributed by atoms with Gasteiger partial charge in [-0.05, 0) is 48.2 Å². The summed E-state index contributed by atoms with van der Waals surface area (Å²) in [4.78, 5) is 11.2. The molecular formula is C15H13ClN2O2S. The zero-order chi connectivity index (χ0) is 14.8. The molecule has 4 nitrogen and oxygen atoms in total. The summed E-state index contributed by atoms with van der Waals surface area (Å²) >= 11 is 7.62. The van der Waals surface area contributed by atoms with Crippen LogP contribution in [0.1, 0.15) is 5.56 Å². The van der Waals surface area contributed by atoms with Crippen molar-refractivity contribution < 1.29 is 4.92 Å². The molecule has 6 heteroatoms. The Kier molecular flexibility index (Phi) is 4.14. The first-order valence-corrected chi connectivity index (χ1v) is 7.70. The number of hydrogen-bond acceptors (Lipinski definition) is 4. The number of rotatable bonds is 5. The second kappa shape index (κ2) is 6.05. The molecule has 0 aromatic heterocycles. The van der Waals surface area contributed by atoms with Gasteiger partial charge in [-0.15, -0.1) is 0 Å². The molecule has 3 rings (SSSR count). The minimum atomic E-state index is -0.381. The standard InChI is InChI=1S/C15H13ClN2O2S/c16-12-3-1-2-11(8-12)9-14-10-17(14)21-15-6-4-13(5-7-15)18(19)20/h1-8,14H,9-10H2/t14-,17?/m0/s1. The average Bonchev–Trinajstić information content (AvgIpc) is 3.17. The maximum absolute atomic E-state index is 10.6. The van der Waals surface area contributed by atoms with Crippen molar-refractivity contribution in [3.05, 3.63) is 69.2 Å². The van der Waals surface area contributed by atoms with Crippen LogP contribution in [0.25, 0.3) is 0 Å². The quantitative estimate of drug-likeness (QED) is 0.359. The summed E-state index contributed by atoms with van der Waals surface area (Å²) < 4.78 is 2.27. The molecule has 2 aromatic carbocycles. The van der Waals surface area contributed by atoms with Gasteiger partial charge in [-0.1, -0.05) is 23.7 Å². The highest BCUT2D eigenvalue weighted by atomic mass is 35.5. The summed E-state index contributed by atoms with van der Waals surface area (Å²) in [5, 5.41) is 11.4. The molecule has 0 aliphatic carbocycles. The van der Waals surface area contributed by atoms with Crippen LogP contribution in [0.15, 0.2) is 53.4 Å². The number of hydrogen-bond donors (Lipinski definition) is 0. The first kappa shape index (κ1) is 14.4. The van der Waals surface area contributed by atoms with Gasteiger partial charge in [0.05, 0.1) is 4.92 Å². The third-order valence-electron chi connectivity index (χ3n) is 3.29. The van der Waals surface area contributed by atoms with Crippen molar-refractivity contribution in [3.8, 4) is 0 Å². The van der Waals surface area contributed by atoms with Crippen molar-refractivity contribution in [1.82, 2.24) is 4.31 Å². The number of halogens is 1. The molecular weight excluding hydrogens is 308 g/mol. The Morgan fingerprint density at radius 1 is 1.29 bits per heavy atom. The molecule has 2 aromatic rings. The number of nitro benzene ring substituents is 1. The largest absolute Gasteiger partial charge is 0.269 e. The molecule has 21 heavy (non-hydrogen) atoms. The van der Waals surface area contributed by atoms with Crippen LogP contribution in [-0.2, 0) is 6.42 Å². The van der Waals surface area contributed by atoms with Gasteiger partial charge in [0, 0.05) is 34.6 Å². The summed E-state index contributed by atoms with van der Waals surface area (Å²) in [5.74, 6) is 0. The Balaban J connectivity index is 1.55. The number of non-ortho nitro benzene ring substituents is 1. The van der Waals surface area contributed by atoms with Gasteiger partial charge in [0.2, 0.25) is 0 Å². The van der Waals surface area contributed by atoms with E-state index >= 15 is 0 Å². The normalized spacial score (nSPS) is 20.2. The molecule has 1 heterocycles. The molecule has 0 amide bonds. The van der Waals surface area contributed by atoms with Crippen LogP contribution in [0.3, 0.4) is 0 Å². The Hall–Kier alpha value is -1.56. The van der Waals surface area contributed by atoms with Crippen molar-refractivity contribution in [1.29, 1.82) is 0 Å². The second-order valence-electron chi connectivity index (χ2n) is 4.93. The molecule has 0 radical (unpaired) electrons. The summed E-state index contributed by atoms with van der Waals surface area (Å²) in [6.45, 7) is 1.02. The van der Waals surface area contributed by atoms with Crippen molar-refractivity contribution >= 4 is 29.2 Å². The third-order valence-corrected chi connectivity index (χ3v) is 4.69. The fourth-order valence-electron chi connectivity index (χ4n) is 2.14. The lowest BCUT2D eigenvalue weighted by atomic mass is 10.1. The highest BCUT2D eigenvalue weighted by Gasteiger charge is 2.34. The fourth-order valence-corrected chi connectivity index (χ4v) is 3.35. The molecule has 1 aliphatic rings. The predicted molar refractivity (Wildman–Crippen MR) is 84.6 cm³/mol. The van der Waals surface area contributed by atoms with Crippen LogP contribution in [0.4, 0.5) is 5.69 Å². The Morgan fingerprint density at radius 2 is 2.05 bits per heavy atom. The molecule has 1 saturated heterocycles. The minimum Gasteiger partial charge on any atom is -0.258 e. The maximum atomic E-state index is 10.6. The average molecular weight is 321 g/mol. The summed E-state index contributed by atoms with van der Waals surface area (Å²) in [7, 11) is 0. The zero-order valence-electron chi connectivity index (χ0n) is 11.1. The van der Waals surface area contributed by atoms with Gasteiger partial charge in [0.1, 0.15) is 0 Å². The fraction of sp³-hybridized carbons (Fsp3) is 0.200. The van der Waals surface area contributed by atoms with Crippen molar-refractivity contribution in [2.45, 2.75) is 17.4 Å². The van der Waals surface area contributed by atoms with Crippen LogP contribution in [-0.4, -0.2) is 21.8 Å². The van der Waals surface area contributed by atoms with Gasteiger partial charge < -0.3 is 0 Å². The molecule has 0 saturated carbocycles. The molecule has 0 N–H and O–H groups in total. The van der Waals surface area contributed by atoms with Gasteiger partial charge in [0.25, 0.3) is 5.69 Å². The zero-order valence-corrected chi connectivity index (χ0v) is 12.7. The van der Waals surface area contributed by atoms with Crippen molar-refractivity contribution in [2.75, 3.05) is 6.54 Å². The SMILES string of the molecule is O=[N+]([O-])c1ccc(SN2C[C@@H]2Cc2cccc(Cl)c2)cc1. The predicted octanol–water partition coefficient (Wildman–Crippen LogP) is 4.18.